The predicted molar refractivity (Wildman–Crippen MR) is 263 cm³/mol. The minimum absolute atomic E-state index is 0.855. The van der Waals surface area contributed by atoms with Crippen molar-refractivity contribution in [2.24, 2.45) is 0 Å². The van der Waals surface area contributed by atoms with Crippen molar-refractivity contribution in [3.05, 3.63) is 237 Å². The van der Waals surface area contributed by atoms with E-state index in [0.717, 1.165) is 55.7 Å². The van der Waals surface area contributed by atoms with Crippen LogP contribution in [0.5, 0.6) is 0 Å². The molecule has 62 heavy (non-hydrogen) atoms. The van der Waals surface area contributed by atoms with Crippen LogP contribution in [0.4, 0.5) is 17.1 Å². The van der Waals surface area contributed by atoms with Gasteiger partial charge in [0.1, 0.15) is 5.58 Å². The SMILES string of the molecule is c1ccc(-c2c(-c3ccccc3)c3cc(-c4cccc(N(c5cccc(-c6ccc7ccccc7c6)c5)c5cccc6c5oc5ccccc56)c4)ccc3c3ccccc23)cc1. The molecular formula is C60H39NO. The van der Waals surface area contributed by atoms with E-state index in [2.05, 4.69) is 235 Å². The maximum atomic E-state index is 6.73. The molecule has 290 valence electrons. The number of hydrogen-bond acceptors (Lipinski definition) is 2. The number of anilines is 3. The molecule has 0 aliphatic rings. The largest absolute Gasteiger partial charge is 0.454 e. The molecule has 0 atom stereocenters. The summed E-state index contributed by atoms with van der Waals surface area (Å²) in [7, 11) is 0. The maximum absolute atomic E-state index is 6.73. The Morgan fingerprint density at radius 3 is 1.50 bits per heavy atom. The van der Waals surface area contributed by atoms with Crippen LogP contribution in [-0.2, 0) is 0 Å². The highest BCUT2D eigenvalue weighted by atomic mass is 16.3. The van der Waals surface area contributed by atoms with Crippen molar-refractivity contribution < 1.29 is 4.42 Å². The highest BCUT2D eigenvalue weighted by molar-refractivity contribution is 6.22. The summed E-state index contributed by atoms with van der Waals surface area (Å²) in [6, 6.07) is 85.5. The van der Waals surface area contributed by atoms with Crippen molar-refractivity contribution in [2.75, 3.05) is 4.90 Å². The molecule has 0 aliphatic heterocycles. The van der Waals surface area contributed by atoms with Crippen LogP contribution in [0.1, 0.15) is 0 Å². The minimum Gasteiger partial charge on any atom is -0.454 e. The van der Waals surface area contributed by atoms with Crippen LogP contribution in [0.3, 0.4) is 0 Å². The Balaban J connectivity index is 1.07. The topological polar surface area (TPSA) is 16.4 Å². The molecule has 11 aromatic carbocycles. The summed E-state index contributed by atoms with van der Waals surface area (Å²) in [5.41, 5.74) is 14.3. The normalized spacial score (nSPS) is 11.5. The summed E-state index contributed by atoms with van der Waals surface area (Å²) >= 11 is 0. The Hall–Kier alpha value is -8.20. The third kappa shape index (κ3) is 6.04. The zero-order valence-electron chi connectivity index (χ0n) is 33.9. The van der Waals surface area contributed by atoms with Crippen molar-refractivity contribution in [1.29, 1.82) is 0 Å². The van der Waals surface area contributed by atoms with E-state index in [0.29, 0.717) is 0 Å². The molecule has 2 nitrogen and oxygen atoms in total. The van der Waals surface area contributed by atoms with Crippen molar-refractivity contribution >= 4 is 71.3 Å². The summed E-state index contributed by atoms with van der Waals surface area (Å²) in [6.45, 7) is 0. The molecule has 0 radical (unpaired) electrons. The Morgan fingerprint density at radius 2 is 0.774 bits per heavy atom. The molecule has 12 rings (SSSR count). The fraction of sp³-hybridized carbons (Fsp3) is 0. The fourth-order valence-electron chi connectivity index (χ4n) is 9.53. The lowest BCUT2D eigenvalue weighted by atomic mass is 9.84. The monoisotopic (exact) mass is 789 g/mol. The number of para-hydroxylation sites is 2. The Kier molecular flexibility index (Phi) is 8.53. The van der Waals surface area contributed by atoms with E-state index in [1.807, 2.05) is 6.07 Å². The van der Waals surface area contributed by atoms with Crippen LogP contribution in [-0.4, -0.2) is 0 Å². The lowest BCUT2D eigenvalue weighted by Gasteiger charge is -2.26. The molecule has 12 aromatic rings. The van der Waals surface area contributed by atoms with E-state index in [-0.39, 0.29) is 0 Å². The molecule has 1 heterocycles. The molecule has 1 aromatic heterocycles. The van der Waals surface area contributed by atoms with Crippen LogP contribution in [0, 0.1) is 0 Å². The molecule has 0 N–H and O–H groups in total. The zero-order valence-corrected chi connectivity index (χ0v) is 33.9. The van der Waals surface area contributed by atoms with Gasteiger partial charge in [-0.15, -0.1) is 0 Å². The van der Waals surface area contributed by atoms with Gasteiger partial charge in [-0.25, -0.2) is 0 Å². The van der Waals surface area contributed by atoms with Crippen LogP contribution < -0.4 is 4.90 Å². The number of hydrogen-bond donors (Lipinski definition) is 0. The van der Waals surface area contributed by atoms with E-state index in [9.17, 15) is 0 Å². The predicted octanol–water partition coefficient (Wildman–Crippen LogP) is 17.2. The second-order valence-corrected chi connectivity index (χ2v) is 16.0. The number of benzene rings is 11. The van der Waals surface area contributed by atoms with E-state index in [1.54, 1.807) is 0 Å². The Bertz CT molecular complexity index is 3640. The molecule has 0 bridgehead atoms. The first-order valence-electron chi connectivity index (χ1n) is 21.2. The summed E-state index contributed by atoms with van der Waals surface area (Å²) in [6.07, 6.45) is 0. The van der Waals surface area contributed by atoms with Gasteiger partial charge in [0.15, 0.2) is 5.58 Å². The van der Waals surface area contributed by atoms with Crippen molar-refractivity contribution in [3.8, 4) is 44.5 Å². The third-order valence-corrected chi connectivity index (χ3v) is 12.4. The highest BCUT2D eigenvalue weighted by Crippen LogP contribution is 2.47. The molecule has 0 amide bonds. The summed E-state index contributed by atoms with van der Waals surface area (Å²) in [5, 5.41) is 9.62. The van der Waals surface area contributed by atoms with Crippen LogP contribution >= 0.6 is 0 Å². The van der Waals surface area contributed by atoms with Crippen LogP contribution in [0.2, 0.25) is 0 Å². The smallest absolute Gasteiger partial charge is 0.159 e. The van der Waals surface area contributed by atoms with Crippen molar-refractivity contribution in [1.82, 2.24) is 0 Å². The number of furan rings is 1. The molecule has 0 aliphatic carbocycles. The van der Waals surface area contributed by atoms with Gasteiger partial charge < -0.3 is 9.32 Å². The number of fused-ring (bicyclic) bond motifs is 7. The number of rotatable bonds is 7. The van der Waals surface area contributed by atoms with E-state index in [4.69, 9.17) is 4.42 Å². The van der Waals surface area contributed by atoms with Gasteiger partial charge in [0.05, 0.1) is 5.69 Å². The molecule has 0 spiro atoms. The van der Waals surface area contributed by atoms with Gasteiger partial charge in [-0.2, -0.15) is 0 Å². The molecule has 0 fully saturated rings. The molecular weight excluding hydrogens is 751 g/mol. The van der Waals surface area contributed by atoms with Gasteiger partial charge in [0.2, 0.25) is 0 Å². The number of nitrogens with zero attached hydrogens (tertiary/aromatic N) is 1. The first-order valence-corrected chi connectivity index (χ1v) is 21.2. The van der Waals surface area contributed by atoms with Crippen molar-refractivity contribution in [2.45, 2.75) is 0 Å². The van der Waals surface area contributed by atoms with Gasteiger partial charge in [0.25, 0.3) is 0 Å². The first-order chi connectivity index (χ1) is 30.7. The average molecular weight is 790 g/mol. The fourth-order valence-corrected chi connectivity index (χ4v) is 9.53. The van der Waals surface area contributed by atoms with Gasteiger partial charge in [-0.3, -0.25) is 0 Å². The standard InChI is InChI=1S/C60H39NO/c1-3-17-41(18-4-1)58-53-28-10-9-26-50(53)51-35-34-47(39-55(51)59(58)42-19-5-2-6-20-42)45-23-14-25-49(38-45)61(56-30-15-29-54-52-27-11-12-31-57(52)62-60(54)56)48-24-13-22-44(37-48)46-33-32-40-16-7-8-21-43(40)36-46/h1-39H. The second-order valence-electron chi connectivity index (χ2n) is 16.0. The van der Waals surface area contributed by atoms with Crippen molar-refractivity contribution in [3.63, 3.8) is 0 Å². The van der Waals surface area contributed by atoms with Crippen LogP contribution in [0.25, 0.3) is 98.8 Å². The van der Waals surface area contributed by atoms with E-state index >= 15 is 0 Å². The van der Waals surface area contributed by atoms with E-state index < -0.39 is 0 Å². The maximum Gasteiger partial charge on any atom is 0.159 e. The molecule has 0 unspecified atom stereocenters. The lowest BCUT2D eigenvalue weighted by molar-refractivity contribution is 0.669. The molecule has 0 saturated carbocycles. The lowest BCUT2D eigenvalue weighted by Crippen LogP contribution is -2.10. The van der Waals surface area contributed by atoms with Gasteiger partial charge in [-0.1, -0.05) is 188 Å². The Morgan fingerprint density at radius 1 is 0.274 bits per heavy atom. The van der Waals surface area contributed by atoms with Crippen LogP contribution in [0.15, 0.2) is 241 Å². The second kappa shape index (κ2) is 14.8. The van der Waals surface area contributed by atoms with Gasteiger partial charge in [-0.05, 0) is 125 Å². The minimum atomic E-state index is 0.855. The summed E-state index contributed by atoms with van der Waals surface area (Å²) in [4.78, 5) is 2.36. The molecule has 0 saturated heterocycles. The Labute approximate surface area is 360 Å². The quantitative estimate of drug-likeness (QED) is 0.150. The summed E-state index contributed by atoms with van der Waals surface area (Å²) < 4.78 is 6.73. The summed E-state index contributed by atoms with van der Waals surface area (Å²) in [5.74, 6) is 0. The van der Waals surface area contributed by atoms with Gasteiger partial charge in [0, 0.05) is 22.1 Å². The zero-order chi connectivity index (χ0) is 41.0. The highest BCUT2D eigenvalue weighted by Gasteiger charge is 2.22. The van der Waals surface area contributed by atoms with E-state index in [1.165, 1.54) is 60.1 Å². The molecule has 2 heteroatoms. The average Bonchev–Trinajstić information content (AvgIpc) is 3.74. The van der Waals surface area contributed by atoms with Gasteiger partial charge >= 0.3 is 0 Å². The first kappa shape index (κ1) is 35.7. The third-order valence-electron chi connectivity index (χ3n) is 12.4.